The first kappa shape index (κ1) is 31.4. The topological polar surface area (TPSA) is 103 Å². The van der Waals surface area contributed by atoms with Gasteiger partial charge in [-0.05, 0) is 55.0 Å². The van der Waals surface area contributed by atoms with E-state index in [0.717, 1.165) is 6.42 Å². The quantitative estimate of drug-likeness (QED) is 0.255. The lowest BCUT2D eigenvalue weighted by atomic mass is 9.97. The fourth-order valence-electron chi connectivity index (χ4n) is 5.08. The van der Waals surface area contributed by atoms with Crippen LogP contribution in [0.5, 0.6) is 0 Å². The van der Waals surface area contributed by atoms with Gasteiger partial charge in [0.2, 0.25) is 11.9 Å². The van der Waals surface area contributed by atoms with Gasteiger partial charge in [-0.25, -0.2) is 13.8 Å². The predicted octanol–water partition coefficient (Wildman–Crippen LogP) is 6.12. The van der Waals surface area contributed by atoms with Gasteiger partial charge in [-0.1, -0.05) is 19.9 Å². The third kappa shape index (κ3) is 7.63. The van der Waals surface area contributed by atoms with Crippen LogP contribution in [0.4, 0.5) is 27.9 Å². The van der Waals surface area contributed by atoms with Crippen LogP contribution in [0.2, 0.25) is 0 Å². The van der Waals surface area contributed by atoms with Crippen LogP contribution in [-0.4, -0.2) is 51.6 Å². The zero-order chi connectivity index (χ0) is 30.6. The van der Waals surface area contributed by atoms with E-state index in [1.54, 1.807) is 27.7 Å². The van der Waals surface area contributed by atoms with Crippen LogP contribution in [0.25, 0.3) is 11.0 Å². The molecule has 0 aliphatic carbocycles. The SMILES string of the molecule is CC(C)CC(C#N)C(=O)N1CCC[C@@H]1Cn1c(NC(=O)c2ccc(C(F)F)s2)nc2cc(CNCC(F)(F)F)ccc21. The molecule has 2 aromatic heterocycles. The molecule has 0 saturated carbocycles. The normalized spacial score (nSPS) is 16.4. The van der Waals surface area contributed by atoms with Gasteiger partial charge < -0.3 is 14.8 Å². The molecule has 1 saturated heterocycles. The van der Waals surface area contributed by atoms with Crippen molar-refractivity contribution in [2.45, 2.75) is 64.8 Å². The first-order valence-corrected chi connectivity index (χ1v) is 14.3. The molecule has 14 heteroatoms. The van der Waals surface area contributed by atoms with E-state index >= 15 is 0 Å². The summed E-state index contributed by atoms with van der Waals surface area (Å²) in [6.45, 7) is 3.37. The molecule has 1 aliphatic heterocycles. The van der Waals surface area contributed by atoms with Gasteiger partial charge in [0.25, 0.3) is 12.3 Å². The number of rotatable bonds is 11. The number of nitrogens with zero attached hydrogens (tertiary/aromatic N) is 4. The molecule has 3 aromatic rings. The monoisotopic (exact) mass is 610 g/mol. The maximum absolute atomic E-state index is 13.3. The highest BCUT2D eigenvalue weighted by molar-refractivity contribution is 7.14. The maximum atomic E-state index is 13.3. The van der Waals surface area contributed by atoms with Gasteiger partial charge in [0, 0.05) is 25.7 Å². The van der Waals surface area contributed by atoms with Gasteiger partial charge in [0.05, 0.1) is 33.4 Å². The Balaban J connectivity index is 1.63. The Morgan fingerprint density at radius 3 is 2.62 bits per heavy atom. The van der Waals surface area contributed by atoms with E-state index in [9.17, 15) is 36.8 Å². The summed E-state index contributed by atoms with van der Waals surface area (Å²) in [4.78, 5) is 32.3. The van der Waals surface area contributed by atoms with Crippen molar-refractivity contribution >= 4 is 40.1 Å². The van der Waals surface area contributed by atoms with Crippen LogP contribution in [-0.2, 0) is 17.9 Å². The largest absolute Gasteiger partial charge is 0.401 e. The second-order valence-corrected chi connectivity index (χ2v) is 11.8. The van der Waals surface area contributed by atoms with Gasteiger partial charge in [-0.15, -0.1) is 11.3 Å². The molecular weight excluding hydrogens is 579 g/mol. The van der Waals surface area contributed by atoms with Crippen LogP contribution in [0.1, 0.15) is 59.6 Å². The number of imidazole rings is 1. The molecule has 42 heavy (non-hydrogen) atoms. The lowest BCUT2D eigenvalue weighted by Gasteiger charge is -2.28. The summed E-state index contributed by atoms with van der Waals surface area (Å²) in [6.07, 6.45) is -5.27. The van der Waals surface area contributed by atoms with E-state index < -0.39 is 31.0 Å². The van der Waals surface area contributed by atoms with Crippen LogP contribution in [0.15, 0.2) is 30.3 Å². The minimum absolute atomic E-state index is 0.0594. The summed E-state index contributed by atoms with van der Waals surface area (Å²) in [7, 11) is 0. The van der Waals surface area contributed by atoms with E-state index in [1.165, 1.54) is 12.1 Å². The number of hydrogen-bond donors (Lipinski definition) is 2. The molecular formula is C28H31F5N6O2S. The Morgan fingerprint density at radius 1 is 1.21 bits per heavy atom. The van der Waals surface area contributed by atoms with Crippen molar-refractivity contribution in [2.24, 2.45) is 11.8 Å². The number of thiophene rings is 1. The molecule has 1 aliphatic rings. The fourth-order valence-corrected chi connectivity index (χ4v) is 5.84. The predicted molar refractivity (Wildman–Crippen MR) is 148 cm³/mol. The van der Waals surface area contributed by atoms with Gasteiger partial charge in [0.15, 0.2) is 0 Å². The number of nitrogens with one attached hydrogen (secondary N) is 2. The number of nitriles is 1. The Kier molecular flexibility index (Phi) is 9.83. The van der Waals surface area contributed by atoms with Crippen molar-refractivity contribution in [1.29, 1.82) is 5.26 Å². The average Bonchev–Trinajstić information content (AvgIpc) is 3.66. The number of alkyl halides is 5. The summed E-state index contributed by atoms with van der Waals surface area (Å²) in [6, 6.07) is 9.24. The highest BCUT2D eigenvalue weighted by Crippen LogP contribution is 2.30. The molecule has 2 N–H and O–H groups in total. The van der Waals surface area contributed by atoms with E-state index in [-0.39, 0.29) is 46.7 Å². The Hall–Kier alpha value is -3.57. The number of carbonyl (C=O) groups is 2. The number of fused-ring (bicyclic) bond motifs is 1. The summed E-state index contributed by atoms with van der Waals surface area (Å²) < 4.78 is 65.6. The summed E-state index contributed by atoms with van der Waals surface area (Å²) in [5.74, 6) is -1.41. The number of likely N-dealkylation sites (tertiary alicyclic amines) is 1. The highest BCUT2D eigenvalue weighted by atomic mass is 32.1. The molecule has 2 amide bonds. The second-order valence-electron chi connectivity index (χ2n) is 10.7. The molecule has 0 spiro atoms. The second kappa shape index (κ2) is 13.2. The molecule has 0 bridgehead atoms. The van der Waals surface area contributed by atoms with Crippen molar-refractivity contribution < 1.29 is 31.5 Å². The molecule has 4 rings (SSSR count). The molecule has 3 heterocycles. The van der Waals surface area contributed by atoms with Crippen LogP contribution in [0, 0.1) is 23.2 Å². The summed E-state index contributed by atoms with van der Waals surface area (Å²) in [5.41, 5.74) is 1.52. The Morgan fingerprint density at radius 2 is 1.98 bits per heavy atom. The van der Waals surface area contributed by atoms with Gasteiger partial charge >= 0.3 is 6.18 Å². The molecule has 1 fully saturated rings. The number of benzene rings is 1. The Labute approximate surface area is 243 Å². The third-order valence-electron chi connectivity index (χ3n) is 6.97. The van der Waals surface area contributed by atoms with Crippen LogP contribution >= 0.6 is 11.3 Å². The fraction of sp³-hybridized carbons (Fsp3) is 0.500. The molecule has 1 unspecified atom stereocenters. The standard InChI is InChI=1S/C28H31F5N6O2S/c1-16(2)10-18(12-34)26(41)38-9-3-4-19(38)14-39-21-6-5-17(13-35-15-28(31,32)33)11-20(21)36-27(39)37-25(40)23-8-7-22(42-23)24(29)30/h5-8,11,16,18-19,24,35H,3-4,9-10,13-15H2,1-2H3,(H,36,37,40)/t18?,19-/m1/s1. The van der Waals surface area contributed by atoms with Crippen molar-refractivity contribution in [3.05, 3.63) is 45.6 Å². The van der Waals surface area contributed by atoms with E-state index in [2.05, 4.69) is 21.7 Å². The average molecular weight is 611 g/mol. The maximum Gasteiger partial charge on any atom is 0.401 e. The van der Waals surface area contributed by atoms with Crippen molar-refractivity contribution in [3.8, 4) is 6.07 Å². The van der Waals surface area contributed by atoms with Crippen molar-refractivity contribution in [2.75, 3.05) is 18.4 Å². The molecule has 1 aromatic carbocycles. The zero-order valence-corrected chi connectivity index (χ0v) is 23.9. The summed E-state index contributed by atoms with van der Waals surface area (Å²) in [5, 5.41) is 14.7. The first-order chi connectivity index (χ1) is 19.9. The highest BCUT2D eigenvalue weighted by Gasteiger charge is 2.34. The van der Waals surface area contributed by atoms with Crippen molar-refractivity contribution in [1.82, 2.24) is 19.8 Å². The van der Waals surface area contributed by atoms with Gasteiger partial charge in [-0.2, -0.15) is 18.4 Å². The first-order valence-electron chi connectivity index (χ1n) is 13.5. The minimum Gasteiger partial charge on any atom is -0.337 e. The lowest BCUT2D eigenvalue weighted by Crippen LogP contribution is -2.41. The number of aromatic nitrogens is 2. The van der Waals surface area contributed by atoms with E-state index in [1.807, 2.05) is 13.8 Å². The molecule has 0 radical (unpaired) electrons. The number of anilines is 1. The summed E-state index contributed by atoms with van der Waals surface area (Å²) >= 11 is 0.659. The molecule has 226 valence electrons. The number of amides is 2. The van der Waals surface area contributed by atoms with Crippen LogP contribution in [0.3, 0.4) is 0 Å². The van der Waals surface area contributed by atoms with Gasteiger partial charge in [-0.3, -0.25) is 14.9 Å². The van der Waals surface area contributed by atoms with E-state index in [0.29, 0.717) is 47.3 Å². The number of carbonyl (C=O) groups excluding carboxylic acids is 2. The zero-order valence-electron chi connectivity index (χ0n) is 23.0. The smallest absolute Gasteiger partial charge is 0.337 e. The molecule has 2 atom stereocenters. The Bertz CT molecular complexity index is 1460. The minimum atomic E-state index is -4.36. The van der Waals surface area contributed by atoms with Crippen molar-refractivity contribution in [3.63, 3.8) is 0 Å². The number of hydrogen-bond acceptors (Lipinski definition) is 6. The molecule has 8 nitrogen and oxygen atoms in total. The lowest BCUT2D eigenvalue weighted by molar-refractivity contribution is -0.135. The number of halogens is 5. The van der Waals surface area contributed by atoms with Crippen LogP contribution < -0.4 is 10.6 Å². The van der Waals surface area contributed by atoms with Gasteiger partial charge in [0.1, 0.15) is 5.92 Å². The van der Waals surface area contributed by atoms with E-state index in [4.69, 9.17) is 0 Å². The third-order valence-corrected chi connectivity index (χ3v) is 8.06.